The van der Waals surface area contributed by atoms with Crippen molar-refractivity contribution in [3.8, 4) is 5.75 Å². The third-order valence-electron chi connectivity index (χ3n) is 6.55. The maximum absolute atomic E-state index is 13.0. The lowest BCUT2D eigenvalue weighted by Gasteiger charge is -2.36. The molecule has 0 N–H and O–H groups in total. The summed E-state index contributed by atoms with van der Waals surface area (Å²) in [5.74, 6) is 0.790. The first-order chi connectivity index (χ1) is 17.2. The molecule has 1 unspecified atom stereocenters. The molecule has 5 aromatic carbocycles. The average Bonchev–Trinajstić information content (AvgIpc) is 2.94. The van der Waals surface area contributed by atoms with Crippen LogP contribution in [0.1, 0.15) is 32.6 Å². The Morgan fingerprint density at radius 2 is 1.23 bits per heavy atom. The standard InChI is InChI=1S/C32H21ClO2/c33-29-21-24-19-20-32(25-11-5-2-6-12-25,35-31(24)28-14-8-7-13-27(28)29)26-17-15-23(16-18-26)30(34)22-9-3-1-4-10-22/h1-21H. The van der Waals surface area contributed by atoms with E-state index in [0.717, 1.165) is 33.2 Å². The summed E-state index contributed by atoms with van der Waals surface area (Å²) in [6.07, 6.45) is 4.15. The number of benzene rings is 5. The van der Waals surface area contributed by atoms with Crippen molar-refractivity contribution in [1.29, 1.82) is 0 Å². The van der Waals surface area contributed by atoms with Crippen LogP contribution in [0.5, 0.6) is 5.75 Å². The molecule has 0 amide bonds. The van der Waals surface area contributed by atoms with Crippen molar-refractivity contribution in [2.45, 2.75) is 5.60 Å². The monoisotopic (exact) mass is 472 g/mol. The first-order valence-electron chi connectivity index (χ1n) is 11.5. The van der Waals surface area contributed by atoms with Crippen LogP contribution in [0.2, 0.25) is 5.02 Å². The van der Waals surface area contributed by atoms with E-state index in [0.29, 0.717) is 16.1 Å². The predicted octanol–water partition coefficient (Wildman–Crippen LogP) is 8.07. The number of hydrogen-bond donors (Lipinski definition) is 0. The molecule has 3 heteroatoms. The third kappa shape index (κ3) is 3.63. The second-order valence-electron chi connectivity index (χ2n) is 8.63. The molecular weight excluding hydrogens is 452 g/mol. The molecule has 1 aliphatic rings. The summed E-state index contributed by atoms with van der Waals surface area (Å²) in [5.41, 5.74) is 3.34. The van der Waals surface area contributed by atoms with Gasteiger partial charge in [-0.05, 0) is 12.1 Å². The van der Waals surface area contributed by atoms with E-state index in [1.807, 2.05) is 103 Å². The van der Waals surface area contributed by atoms with Gasteiger partial charge in [0.2, 0.25) is 0 Å². The quantitative estimate of drug-likeness (QED) is 0.247. The Balaban J connectivity index is 1.49. The van der Waals surface area contributed by atoms with Crippen LogP contribution in [-0.4, -0.2) is 5.78 Å². The van der Waals surface area contributed by atoms with Crippen LogP contribution in [0.15, 0.2) is 121 Å². The lowest BCUT2D eigenvalue weighted by atomic mass is 9.82. The highest BCUT2D eigenvalue weighted by Gasteiger charge is 2.37. The molecule has 0 radical (unpaired) electrons. The van der Waals surface area contributed by atoms with Crippen LogP contribution < -0.4 is 4.74 Å². The number of halogens is 1. The molecule has 0 aliphatic carbocycles. The zero-order chi connectivity index (χ0) is 23.8. The van der Waals surface area contributed by atoms with Crippen LogP contribution in [0.25, 0.3) is 16.8 Å². The van der Waals surface area contributed by atoms with Crippen molar-refractivity contribution in [3.63, 3.8) is 0 Å². The van der Waals surface area contributed by atoms with Crippen molar-refractivity contribution >= 4 is 34.2 Å². The SMILES string of the molecule is O=C(c1ccccc1)c1ccc(C2(c3ccccc3)C=Cc3cc(Cl)c4ccccc4c3O2)cc1. The number of fused-ring (bicyclic) bond motifs is 3. The molecule has 1 aliphatic heterocycles. The summed E-state index contributed by atoms with van der Waals surface area (Å²) in [4.78, 5) is 13.0. The zero-order valence-electron chi connectivity index (χ0n) is 18.8. The molecule has 0 spiro atoms. The highest BCUT2D eigenvalue weighted by molar-refractivity contribution is 6.36. The molecular formula is C32H21ClO2. The van der Waals surface area contributed by atoms with Crippen molar-refractivity contribution in [2.75, 3.05) is 0 Å². The number of ether oxygens (including phenoxy) is 1. The Labute approximate surface area is 209 Å². The van der Waals surface area contributed by atoms with E-state index in [1.54, 1.807) is 0 Å². The number of ketones is 1. The van der Waals surface area contributed by atoms with Gasteiger partial charge in [-0.1, -0.05) is 127 Å². The van der Waals surface area contributed by atoms with E-state index in [-0.39, 0.29) is 5.78 Å². The summed E-state index contributed by atoms with van der Waals surface area (Å²) in [7, 11) is 0. The summed E-state index contributed by atoms with van der Waals surface area (Å²) in [6.45, 7) is 0. The first-order valence-corrected chi connectivity index (χ1v) is 11.9. The van der Waals surface area contributed by atoms with Gasteiger partial charge in [-0.2, -0.15) is 0 Å². The van der Waals surface area contributed by atoms with Crippen LogP contribution in [0.4, 0.5) is 0 Å². The fourth-order valence-corrected chi connectivity index (χ4v) is 5.04. The van der Waals surface area contributed by atoms with Crippen molar-refractivity contribution in [3.05, 3.63) is 154 Å². The van der Waals surface area contributed by atoms with Crippen molar-refractivity contribution in [2.24, 2.45) is 0 Å². The predicted molar refractivity (Wildman–Crippen MR) is 142 cm³/mol. The molecule has 168 valence electrons. The van der Waals surface area contributed by atoms with Gasteiger partial charge in [0.15, 0.2) is 11.4 Å². The number of rotatable bonds is 4. The van der Waals surface area contributed by atoms with Gasteiger partial charge >= 0.3 is 0 Å². The Morgan fingerprint density at radius 1 is 0.657 bits per heavy atom. The molecule has 0 bridgehead atoms. The van der Waals surface area contributed by atoms with Gasteiger partial charge in [-0.3, -0.25) is 4.79 Å². The van der Waals surface area contributed by atoms with E-state index in [2.05, 4.69) is 24.3 Å². The maximum atomic E-state index is 13.0. The Kier molecular flexibility index (Phi) is 5.24. The van der Waals surface area contributed by atoms with Gasteiger partial charge in [-0.15, -0.1) is 0 Å². The first kappa shape index (κ1) is 21.4. The summed E-state index contributed by atoms with van der Waals surface area (Å²) in [6, 6.07) is 37.2. The lowest BCUT2D eigenvalue weighted by Crippen LogP contribution is -2.34. The highest BCUT2D eigenvalue weighted by atomic mass is 35.5. The second-order valence-corrected chi connectivity index (χ2v) is 9.04. The largest absolute Gasteiger partial charge is 0.472 e. The minimum absolute atomic E-state index is 0.00278. The smallest absolute Gasteiger partial charge is 0.193 e. The zero-order valence-corrected chi connectivity index (χ0v) is 19.6. The van der Waals surface area contributed by atoms with Gasteiger partial charge < -0.3 is 4.74 Å². The summed E-state index contributed by atoms with van der Waals surface area (Å²) in [5, 5.41) is 2.62. The molecule has 0 saturated carbocycles. The topological polar surface area (TPSA) is 26.3 Å². The van der Waals surface area contributed by atoms with E-state index in [4.69, 9.17) is 16.3 Å². The fraction of sp³-hybridized carbons (Fsp3) is 0.0312. The minimum Gasteiger partial charge on any atom is -0.472 e. The molecule has 0 saturated heterocycles. The van der Waals surface area contributed by atoms with Crippen molar-refractivity contribution in [1.82, 2.24) is 0 Å². The third-order valence-corrected chi connectivity index (χ3v) is 6.86. The molecule has 2 nitrogen and oxygen atoms in total. The summed E-state index contributed by atoms with van der Waals surface area (Å²) < 4.78 is 6.91. The Hall–Kier alpha value is -4.14. The molecule has 6 rings (SSSR count). The average molecular weight is 473 g/mol. The number of carbonyl (C=O) groups is 1. The maximum Gasteiger partial charge on any atom is 0.193 e. The number of carbonyl (C=O) groups excluding carboxylic acids is 1. The van der Waals surface area contributed by atoms with Crippen LogP contribution in [0, 0.1) is 0 Å². The molecule has 35 heavy (non-hydrogen) atoms. The Bertz CT molecular complexity index is 1570. The lowest BCUT2D eigenvalue weighted by molar-refractivity contribution is 0.103. The van der Waals surface area contributed by atoms with E-state index in [1.165, 1.54) is 0 Å². The molecule has 0 aromatic heterocycles. The van der Waals surface area contributed by atoms with E-state index in [9.17, 15) is 4.79 Å². The van der Waals surface area contributed by atoms with Gasteiger partial charge in [0.25, 0.3) is 0 Å². The van der Waals surface area contributed by atoms with E-state index < -0.39 is 5.60 Å². The highest BCUT2D eigenvalue weighted by Crippen LogP contribution is 2.46. The van der Waals surface area contributed by atoms with Gasteiger partial charge in [0.1, 0.15) is 5.75 Å². The summed E-state index contributed by atoms with van der Waals surface area (Å²) >= 11 is 6.58. The van der Waals surface area contributed by atoms with Crippen molar-refractivity contribution < 1.29 is 9.53 Å². The number of hydrogen-bond acceptors (Lipinski definition) is 2. The minimum atomic E-state index is -0.848. The van der Waals surface area contributed by atoms with Gasteiger partial charge in [0, 0.05) is 43.6 Å². The Morgan fingerprint density at radius 3 is 1.94 bits per heavy atom. The van der Waals surface area contributed by atoms with Gasteiger partial charge in [0.05, 0.1) is 0 Å². The van der Waals surface area contributed by atoms with Crippen LogP contribution in [0.3, 0.4) is 0 Å². The normalized spacial score (nSPS) is 16.5. The van der Waals surface area contributed by atoms with Crippen LogP contribution >= 0.6 is 11.6 Å². The molecule has 5 aromatic rings. The fourth-order valence-electron chi connectivity index (χ4n) is 4.75. The molecule has 0 fully saturated rings. The second kappa shape index (κ2) is 8.57. The van der Waals surface area contributed by atoms with Crippen LogP contribution in [-0.2, 0) is 5.60 Å². The van der Waals surface area contributed by atoms with Gasteiger partial charge in [-0.25, -0.2) is 0 Å². The van der Waals surface area contributed by atoms with E-state index >= 15 is 0 Å². The molecule has 1 atom stereocenters. The molecule has 1 heterocycles.